The number of furan rings is 1. The predicted molar refractivity (Wildman–Crippen MR) is 142 cm³/mol. The minimum absolute atomic E-state index is 0.285. The molecule has 192 valence electrons. The number of hydrogen-bond acceptors (Lipinski definition) is 8. The van der Waals surface area contributed by atoms with Crippen LogP contribution in [0.25, 0.3) is 33.6 Å². The Bertz CT molecular complexity index is 1300. The van der Waals surface area contributed by atoms with Crippen LogP contribution < -0.4 is 5.32 Å². The molecule has 0 amide bonds. The van der Waals surface area contributed by atoms with Crippen molar-refractivity contribution in [3.8, 4) is 22.5 Å². The molecule has 6 rings (SSSR count). The van der Waals surface area contributed by atoms with Gasteiger partial charge in [0.15, 0.2) is 6.29 Å². The number of aryl methyl sites for hydroxylation is 1. The molecule has 0 radical (unpaired) electrons. The number of ether oxygens (including phenoxy) is 3. The first-order valence-corrected chi connectivity index (χ1v) is 13.0. The zero-order valence-corrected chi connectivity index (χ0v) is 20.9. The number of hydrogen-bond donors (Lipinski definition) is 1. The van der Waals surface area contributed by atoms with E-state index in [0.717, 1.165) is 73.5 Å². The highest BCUT2D eigenvalue weighted by Crippen LogP contribution is 2.42. The van der Waals surface area contributed by atoms with Crippen LogP contribution in [0.2, 0.25) is 0 Å². The summed E-state index contributed by atoms with van der Waals surface area (Å²) in [6.07, 6.45) is 3.43. The largest absolute Gasteiger partial charge is 0.437 e. The molecule has 4 heterocycles. The van der Waals surface area contributed by atoms with Crippen molar-refractivity contribution in [2.45, 2.75) is 19.1 Å². The third kappa shape index (κ3) is 5.52. The maximum Gasteiger partial charge on any atom is 0.232 e. The normalized spacial score (nSPS) is 17.0. The van der Waals surface area contributed by atoms with Crippen molar-refractivity contribution in [3.63, 3.8) is 0 Å². The number of fused-ring (bicyclic) bond motifs is 1. The zero-order valence-electron chi connectivity index (χ0n) is 20.9. The monoisotopic (exact) mass is 500 g/mol. The van der Waals surface area contributed by atoms with Gasteiger partial charge in [-0.3, -0.25) is 4.90 Å². The lowest BCUT2D eigenvalue weighted by Gasteiger charge is -2.26. The Morgan fingerprint density at radius 3 is 2.43 bits per heavy atom. The number of morpholine rings is 1. The number of nitrogens with zero attached hydrogens (tertiary/aromatic N) is 3. The van der Waals surface area contributed by atoms with Crippen LogP contribution in [-0.2, 0) is 20.6 Å². The Hall–Kier alpha value is -3.30. The van der Waals surface area contributed by atoms with Gasteiger partial charge in [-0.15, -0.1) is 0 Å². The highest BCUT2D eigenvalue weighted by molar-refractivity contribution is 6.05. The summed E-state index contributed by atoms with van der Waals surface area (Å²) < 4.78 is 23.0. The molecule has 0 unspecified atom stereocenters. The van der Waals surface area contributed by atoms with E-state index in [1.54, 1.807) is 0 Å². The van der Waals surface area contributed by atoms with E-state index in [-0.39, 0.29) is 6.29 Å². The van der Waals surface area contributed by atoms with Crippen molar-refractivity contribution < 1.29 is 18.6 Å². The number of anilines is 1. The molecule has 2 aliphatic rings. The van der Waals surface area contributed by atoms with Crippen LogP contribution in [0.5, 0.6) is 0 Å². The smallest absolute Gasteiger partial charge is 0.232 e. The molecule has 0 spiro atoms. The van der Waals surface area contributed by atoms with Crippen LogP contribution in [0.4, 0.5) is 5.82 Å². The molecule has 8 heteroatoms. The summed E-state index contributed by atoms with van der Waals surface area (Å²) in [5.41, 5.74) is 4.92. The standard InChI is InChI=1S/C29H32N4O4/c1-2-6-22(7-3-1)25-26-28(30-19-24-35-17-18-36-24)31-20-32-29(26)37-27(25)23-10-8-21(9-11-23)5-4-12-33-13-15-34-16-14-33/h1-3,6-11,20,24H,4-5,12-19H2,(H,30,31,32). The number of benzene rings is 2. The van der Waals surface area contributed by atoms with Gasteiger partial charge < -0.3 is 23.9 Å². The third-order valence-corrected chi connectivity index (χ3v) is 6.94. The Kier molecular flexibility index (Phi) is 7.41. The molecule has 8 nitrogen and oxygen atoms in total. The second-order valence-electron chi connectivity index (χ2n) is 9.38. The highest BCUT2D eigenvalue weighted by atomic mass is 16.7. The lowest BCUT2D eigenvalue weighted by atomic mass is 9.98. The van der Waals surface area contributed by atoms with Crippen LogP contribution in [0.3, 0.4) is 0 Å². The van der Waals surface area contributed by atoms with E-state index >= 15 is 0 Å². The van der Waals surface area contributed by atoms with Crippen LogP contribution >= 0.6 is 0 Å². The molecule has 0 bridgehead atoms. The quantitative estimate of drug-likeness (QED) is 0.357. The number of nitrogens with one attached hydrogen (secondary N) is 1. The number of rotatable bonds is 9. The van der Waals surface area contributed by atoms with Crippen LogP contribution in [0.15, 0.2) is 65.3 Å². The van der Waals surface area contributed by atoms with Crippen molar-refractivity contribution in [1.29, 1.82) is 0 Å². The fourth-order valence-electron chi connectivity index (χ4n) is 5.01. The van der Waals surface area contributed by atoms with Gasteiger partial charge >= 0.3 is 0 Å². The van der Waals surface area contributed by atoms with Crippen molar-refractivity contribution in [2.75, 3.05) is 57.9 Å². The van der Waals surface area contributed by atoms with Gasteiger partial charge in [0.2, 0.25) is 5.71 Å². The van der Waals surface area contributed by atoms with Gasteiger partial charge in [-0.05, 0) is 30.5 Å². The van der Waals surface area contributed by atoms with Crippen molar-refractivity contribution in [2.24, 2.45) is 0 Å². The summed E-state index contributed by atoms with van der Waals surface area (Å²) in [6, 6.07) is 19.0. The summed E-state index contributed by atoms with van der Waals surface area (Å²) in [4.78, 5) is 11.5. The molecule has 0 saturated carbocycles. The molecular weight excluding hydrogens is 468 g/mol. The molecule has 2 aliphatic heterocycles. The summed E-state index contributed by atoms with van der Waals surface area (Å²) in [7, 11) is 0. The Morgan fingerprint density at radius 2 is 1.65 bits per heavy atom. The van der Waals surface area contributed by atoms with Crippen molar-refractivity contribution in [1.82, 2.24) is 14.9 Å². The summed E-state index contributed by atoms with van der Waals surface area (Å²) in [5, 5.41) is 4.25. The van der Waals surface area contributed by atoms with E-state index in [0.29, 0.717) is 31.3 Å². The molecule has 37 heavy (non-hydrogen) atoms. The maximum atomic E-state index is 6.38. The van der Waals surface area contributed by atoms with Crippen LogP contribution in [0, 0.1) is 0 Å². The summed E-state index contributed by atoms with van der Waals surface area (Å²) >= 11 is 0. The van der Waals surface area contributed by atoms with Gasteiger partial charge in [0.1, 0.15) is 17.9 Å². The average Bonchev–Trinajstić information content (AvgIpc) is 3.62. The SMILES string of the molecule is c1ccc(-c2c(-c3ccc(CCCN4CCOCC4)cc3)oc3ncnc(NCC4OCCO4)c23)cc1. The zero-order chi connectivity index (χ0) is 24.9. The molecule has 2 aromatic carbocycles. The number of aromatic nitrogens is 2. The first-order chi connectivity index (χ1) is 18.3. The predicted octanol–water partition coefficient (Wildman–Crippen LogP) is 4.61. The molecule has 2 aromatic heterocycles. The van der Waals surface area contributed by atoms with Gasteiger partial charge in [0, 0.05) is 24.2 Å². The van der Waals surface area contributed by atoms with Crippen molar-refractivity contribution >= 4 is 16.9 Å². The van der Waals surface area contributed by atoms with E-state index < -0.39 is 0 Å². The maximum absolute atomic E-state index is 6.38. The first-order valence-electron chi connectivity index (χ1n) is 13.0. The van der Waals surface area contributed by atoms with E-state index in [9.17, 15) is 0 Å². The first kappa shape index (κ1) is 24.1. The van der Waals surface area contributed by atoms with E-state index in [1.807, 2.05) is 18.2 Å². The Morgan fingerprint density at radius 1 is 0.865 bits per heavy atom. The highest BCUT2D eigenvalue weighted by Gasteiger charge is 2.23. The van der Waals surface area contributed by atoms with E-state index in [4.69, 9.17) is 18.6 Å². The molecule has 1 N–H and O–H groups in total. The summed E-state index contributed by atoms with van der Waals surface area (Å²) in [6.45, 7) is 6.60. The van der Waals surface area contributed by atoms with Gasteiger partial charge in [-0.1, -0.05) is 54.6 Å². The Balaban J connectivity index is 1.27. The van der Waals surface area contributed by atoms with Gasteiger partial charge in [0.25, 0.3) is 0 Å². The molecule has 2 saturated heterocycles. The molecular formula is C29H32N4O4. The third-order valence-electron chi connectivity index (χ3n) is 6.94. The molecule has 2 fully saturated rings. The van der Waals surface area contributed by atoms with E-state index in [2.05, 4.69) is 56.6 Å². The van der Waals surface area contributed by atoms with Crippen molar-refractivity contribution in [3.05, 3.63) is 66.5 Å². The van der Waals surface area contributed by atoms with E-state index in [1.165, 1.54) is 11.9 Å². The van der Waals surface area contributed by atoms with Gasteiger partial charge in [-0.2, -0.15) is 0 Å². The lowest BCUT2D eigenvalue weighted by molar-refractivity contribution is -0.0299. The minimum Gasteiger partial charge on any atom is -0.437 e. The fourth-order valence-corrected chi connectivity index (χ4v) is 5.01. The molecule has 0 aliphatic carbocycles. The minimum atomic E-state index is -0.285. The second-order valence-corrected chi connectivity index (χ2v) is 9.38. The molecule has 0 atom stereocenters. The molecule has 4 aromatic rings. The average molecular weight is 501 g/mol. The Labute approximate surface area is 216 Å². The van der Waals surface area contributed by atoms with Crippen LogP contribution in [-0.4, -0.2) is 73.8 Å². The lowest BCUT2D eigenvalue weighted by Crippen LogP contribution is -2.36. The van der Waals surface area contributed by atoms with Gasteiger partial charge in [-0.25, -0.2) is 9.97 Å². The topological polar surface area (TPSA) is 81.9 Å². The summed E-state index contributed by atoms with van der Waals surface area (Å²) in [5.74, 6) is 1.50. The van der Waals surface area contributed by atoms with Crippen LogP contribution in [0.1, 0.15) is 12.0 Å². The van der Waals surface area contributed by atoms with Gasteiger partial charge in [0.05, 0.1) is 38.4 Å². The second kappa shape index (κ2) is 11.4. The fraction of sp³-hybridized carbons (Fsp3) is 0.379.